The second-order valence-electron chi connectivity index (χ2n) is 7.91. The number of para-hydroxylation sites is 1. The van der Waals surface area contributed by atoms with Crippen molar-refractivity contribution in [2.45, 2.75) is 26.7 Å². The quantitative estimate of drug-likeness (QED) is 0.304. The van der Waals surface area contributed by atoms with Crippen molar-refractivity contribution in [2.24, 2.45) is 0 Å². The lowest BCUT2D eigenvalue weighted by atomic mass is 10.1. The van der Waals surface area contributed by atoms with E-state index >= 15 is 0 Å². The summed E-state index contributed by atoms with van der Waals surface area (Å²) in [5.41, 5.74) is 7.69. The summed E-state index contributed by atoms with van der Waals surface area (Å²) in [5.74, 6) is 0.0110. The van der Waals surface area contributed by atoms with Gasteiger partial charge in [-0.1, -0.05) is 36.4 Å². The Bertz CT molecular complexity index is 1160. The molecule has 0 aliphatic carbocycles. The molecule has 0 unspecified atom stereocenters. The first kappa shape index (κ1) is 25.3. The van der Waals surface area contributed by atoms with E-state index in [-0.39, 0.29) is 18.7 Å². The maximum absolute atomic E-state index is 12.4. The second kappa shape index (κ2) is 12.8. The summed E-state index contributed by atoms with van der Waals surface area (Å²) in [6, 6.07) is 21.7. The fourth-order valence-corrected chi connectivity index (χ4v) is 3.13. The predicted octanol–water partition coefficient (Wildman–Crippen LogP) is 3.94. The van der Waals surface area contributed by atoms with Crippen LogP contribution < -0.4 is 25.6 Å². The number of carbonyl (C=O) groups is 3. The first-order valence-electron chi connectivity index (χ1n) is 11.3. The van der Waals surface area contributed by atoms with Gasteiger partial charge in [-0.2, -0.15) is 0 Å². The Morgan fingerprint density at radius 2 is 1.40 bits per heavy atom. The number of ether oxygens (including phenoxy) is 2. The van der Waals surface area contributed by atoms with Crippen LogP contribution in [0.15, 0.2) is 72.8 Å². The molecule has 0 aromatic heterocycles. The van der Waals surface area contributed by atoms with Gasteiger partial charge >= 0.3 is 0 Å². The van der Waals surface area contributed by atoms with Gasteiger partial charge in [-0.3, -0.25) is 25.2 Å². The van der Waals surface area contributed by atoms with Gasteiger partial charge < -0.3 is 14.8 Å². The van der Waals surface area contributed by atoms with Crippen LogP contribution in [-0.2, 0) is 9.59 Å². The number of hydrazine groups is 1. The highest BCUT2D eigenvalue weighted by Crippen LogP contribution is 2.17. The lowest BCUT2D eigenvalue weighted by Crippen LogP contribution is -2.41. The Balaban J connectivity index is 1.38. The molecule has 0 saturated carbocycles. The Morgan fingerprint density at radius 3 is 2.17 bits per heavy atom. The van der Waals surface area contributed by atoms with Crippen LogP contribution in [0.5, 0.6) is 11.5 Å². The van der Waals surface area contributed by atoms with Crippen molar-refractivity contribution in [3.8, 4) is 11.5 Å². The zero-order chi connectivity index (χ0) is 25.0. The highest BCUT2D eigenvalue weighted by molar-refractivity contribution is 5.97. The molecule has 182 valence electrons. The van der Waals surface area contributed by atoms with Crippen LogP contribution in [0, 0.1) is 13.8 Å². The van der Waals surface area contributed by atoms with Gasteiger partial charge in [-0.15, -0.1) is 0 Å². The number of rotatable bonds is 10. The summed E-state index contributed by atoms with van der Waals surface area (Å²) in [6.45, 7) is 4.50. The van der Waals surface area contributed by atoms with Crippen molar-refractivity contribution in [1.82, 2.24) is 10.9 Å². The van der Waals surface area contributed by atoms with Crippen LogP contribution in [-0.4, -0.2) is 30.9 Å². The summed E-state index contributed by atoms with van der Waals surface area (Å²) in [7, 11) is 0. The molecule has 3 aromatic carbocycles. The Labute approximate surface area is 204 Å². The number of aryl methyl sites for hydroxylation is 2. The highest BCUT2D eigenvalue weighted by atomic mass is 16.5. The number of hydrogen-bond donors (Lipinski definition) is 3. The average molecular weight is 476 g/mol. The van der Waals surface area contributed by atoms with E-state index in [1.54, 1.807) is 24.3 Å². The number of nitrogens with one attached hydrogen (secondary N) is 3. The molecule has 0 atom stereocenters. The SMILES string of the molecule is Cc1ccc(C)c(NC(=O)CCC(=O)NNC(=O)c2cccc(OCCOc3ccccc3)c2)c1. The van der Waals surface area contributed by atoms with Crippen LogP contribution in [0.3, 0.4) is 0 Å². The first-order valence-corrected chi connectivity index (χ1v) is 11.3. The van der Waals surface area contributed by atoms with Gasteiger partial charge in [0.2, 0.25) is 11.8 Å². The van der Waals surface area contributed by atoms with E-state index in [1.807, 2.05) is 62.4 Å². The summed E-state index contributed by atoms with van der Waals surface area (Å²) in [5, 5.41) is 2.80. The van der Waals surface area contributed by atoms with E-state index in [4.69, 9.17) is 9.47 Å². The van der Waals surface area contributed by atoms with E-state index in [2.05, 4.69) is 16.2 Å². The molecule has 0 aliphatic rings. The normalized spacial score (nSPS) is 10.2. The number of carbonyl (C=O) groups excluding carboxylic acids is 3. The summed E-state index contributed by atoms with van der Waals surface area (Å²) in [6.07, 6.45) is -0.0784. The minimum atomic E-state index is -0.496. The number of hydrogen-bond acceptors (Lipinski definition) is 5. The molecule has 3 rings (SSSR count). The van der Waals surface area contributed by atoms with Gasteiger partial charge in [0.1, 0.15) is 24.7 Å². The summed E-state index contributed by atoms with van der Waals surface area (Å²) in [4.78, 5) is 36.6. The van der Waals surface area contributed by atoms with E-state index in [1.165, 1.54) is 0 Å². The molecule has 0 radical (unpaired) electrons. The van der Waals surface area contributed by atoms with Crippen LogP contribution in [0.4, 0.5) is 5.69 Å². The van der Waals surface area contributed by atoms with E-state index in [0.29, 0.717) is 24.5 Å². The van der Waals surface area contributed by atoms with Gasteiger partial charge in [0.15, 0.2) is 0 Å². The van der Waals surface area contributed by atoms with Crippen molar-refractivity contribution in [3.63, 3.8) is 0 Å². The second-order valence-corrected chi connectivity index (χ2v) is 7.91. The lowest BCUT2D eigenvalue weighted by Gasteiger charge is -2.11. The van der Waals surface area contributed by atoms with E-state index in [9.17, 15) is 14.4 Å². The smallest absolute Gasteiger partial charge is 0.269 e. The Morgan fingerprint density at radius 1 is 0.714 bits per heavy atom. The van der Waals surface area contributed by atoms with Crippen molar-refractivity contribution in [1.29, 1.82) is 0 Å². The molecule has 35 heavy (non-hydrogen) atoms. The zero-order valence-electron chi connectivity index (χ0n) is 19.8. The van der Waals surface area contributed by atoms with E-state index < -0.39 is 11.8 Å². The summed E-state index contributed by atoms with van der Waals surface area (Å²) < 4.78 is 11.2. The molecule has 8 heteroatoms. The fraction of sp³-hybridized carbons (Fsp3) is 0.222. The molecular formula is C27H29N3O5. The molecule has 3 N–H and O–H groups in total. The molecule has 0 spiro atoms. The van der Waals surface area contributed by atoms with Crippen molar-refractivity contribution >= 4 is 23.4 Å². The third-order valence-corrected chi connectivity index (χ3v) is 5.02. The maximum Gasteiger partial charge on any atom is 0.269 e. The standard InChI is InChI=1S/C27H29N3O5/c1-19-11-12-20(2)24(17-19)28-25(31)13-14-26(32)29-30-27(33)21-7-6-10-23(18-21)35-16-15-34-22-8-4-3-5-9-22/h3-12,17-18H,13-16H2,1-2H3,(H,28,31)(H,29,32)(H,30,33). The Hall–Kier alpha value is -4.33. The van der Waals surface area contributed by atoms with Gasteiger partial charge in [-0.25, -0.2) is 0 Å². The molecule has 0 saturated heterocycles. The van der Waals surface area contributed by atoms with Gasteiger partial charge in [0.25, 0.3) is 5.91 Å². The molecule has 0 heterocycles. The van der Waals surface area contributed by atoms with Gasteiger partial charge in [0.05, 0.1) is 0 Å². The molecule has 0 bridgehead atoms. The van der Waals surface area contributed by atoms with Gasteiger partial charge in [-0.05, 0) is 61.4 Å². The summed E-state index contributed by atoms with van der Waals surface area (Å²) >= 11 is 0. The lowest BCUT2D eigenvalue weighted by molar-refractivity contribution is -0.124. The van der Waals surface area contributed by atoms with Crippen molar-refractivity contribution < 1.29 is 23.9 Å². The molecular weight excluding hydrogens is 446 g/mol. The average Bonchev–Trinajstić information content (AvgIpc) is 2.87. The van der Waals surface area contributed by atoms with Crippen molar-refractivity contribution in [3.05, 3.63) is 89.5 Å². The van der Waals surface area contributed by atoms with E-state index in [0.717, 1.165) is 22.6 Å². The highest BCUT2D eigenvalue weighted by Gasteiger charge is 2.11. The van der Waals surface area contributed by atoms with Gasteiger partial charge in [0, 0.05) is 24.1 Å². The number of benzene rings is 3. The minimum absolute atomic E-state index is 0.0105. The minimum Gasteiger partial charge on any atom is -0.490 e. The largest absolute Gasteiger partial charge is 0.490 e. The molecule has 3 aromatic rings. The number of anilines is 1. The molecule has 3 amide bonds. The molecule has 0 aliphatic heterocycles. The monoisotopic (exact) mass is 475 g/mol. The maximum atomic E-state index is 12.4. The zero-order valence-corrected chi connectivity index (χ0v) is 19.8. The molecule has 0 fully saturated rings. The first-order chi connectivity index (χ1) is 16.9. The van der Waals surface area contributed by atoms with Crippen molar-refractivity contribution in [2.75, 3.05) is 18.5 Å². The van der Waals surface area contributed by atoms with Crippen LogP contribution in [0.2, 0.25) is 0 Å². The fourth-order valence-electron chi connectivity index (χ4n) is 3.13. The topological polar surface area (TPSA) is 106 Å². The van der Waals surface area contributed by atoms with Crippen LogP contribution in [0.1, 0.15) is 34.3 Å². The third-order valence-electron chi connectivity index (χ3n) is 5.02. The van der Waals surface area contributed by atoms with Crippen LogP contribution >= 0.6 is 0 Å². The van der Waals surface area contributed by atoms with Crippen LogP contribution in [0.25, 0.3) is 0 Å². The molecule has 8 nitrogen and oxygen atoms in total. The predicted molar refractivity (Wildman–Crippen MR) is 133 cm³/mol. The third kappa shape index (κ3) is 8.51. The number of amides is 3. The Kier molecular flexibility index (Phi) is 9.24.